The average Bonchev–Trinajstić information content (AvgIpc) is 2.81. The SMILES string of the molecule is COC(=O)c1c(C)cccc1N1CCCC1. The Hall–Kier alpha value is -1.51. The number of nitrogens with zero attached hydrogens (tertiary/aromatic N) is 1. The molecule has 0 bridgehead atoms. The Kier molecular flexibility index (Phi) is 3.13. The molecule has 16 heavy (non-hydrogen) atoms. The summed E-state index contributed by atoms with van der Waals surface area (Å²) in [6.45, 7) is 4.02. The molecule has 0 spiro atoms. The zero-order valence-electron chi connectivity index (χ0n) is 9.82. The number of ether oxygens (including phenoxy) is 1. The average molecular weight is 219 g/mol. The minimum Gasteiger partial charge on any atom is -0.465 e. The van der Waals surface area contributed by atoms with Crippen molar-refractivity contribution in [1.29, 1.82) is 0 Å². The van der Waals surface area contributed by atoms with Gasteiger partial charge in [0, 0.05) is 13.1 Å². The molecule has 0 radical (unpaired) electrons. The first kappa shape index (κ1) is 11.0. The summed E-state index contributed by atoms with van der Waals surface area (Å²) in [6.07, 6.45) is 2.41. The molecule has 0 amide bonds. The molecule has 3 nitrogen and oxygen atoms in total. The van der Waals surface area contributed by atoms with Gasteiger partial charge in [-0.3, -0.25) is 0 Å². The lowest BCUT2D eigenvalue weighted by molar-refractivity contribution is 0.0600. The van der Waals surface area contributed by atoms with Crippen LogP contribution in [0.2, 0.25) is 0 Å². The molecule has 0 N–H and O–H groups in total. The first-order chi connectivity index (χ1) is 7.74. The van der Waals surface area contributed by atoms with Gasteiger partial charge in [-0.05, 0) is 31.4 Å². The van der Waals surface area contributed by atoms with Crippen molar-refractivity contribution >= 4 is 11.7 Å². The van der Waals surface area contributed by atoms with E-state index in [1.165, 1.54) is 20.0 Å². The molecule has 1 aliphatic heterocycles. The Morgan fingerprint density at radius 1 is 1.31 bits per heavy atom. The number of methoxy groups -OCH3 is 1. The van der Waals surface area contributed by atoms with Crippen LogP contribution in [0.1, 0.15) is 28.8 Å². The lowest BCUT2D eigenvalue weighted by Crippen LogP contribution is -2.21. The summed E-state index contributed by atoms with van der Waals surface area (Å²) in [5.41, 5.74) is 2.72. The number of anilines is 1. The predicted octanol–water partition coefficient (Wildman–Crippen LogP) is 2.38. The number of hydrogen-bond acceptors (Lipinski definition) is 3. The van der Waals surface area contributed by atoms with E-state index in [1.54, 1.807) is 0 Å². The van der Waals surface area contributed by atoms with E-state index in [2.05, 4.69) is 4.90 Å². The van der Waals surface area contributed by atoms with E-state index in [9.17, 15) is 4.79 Å². The highest BCUT2D eigenvalue weighted by Crippen LogP contribution is 2.27. The second-order valence-electron chi connectivity index (χ2n) is 4.15. The molecule has 0 unspecified atom stereocenters. The van der Waals surface area contributed by atoms with Crippen molar-refractivity contribution in [1.82, 2.24) is 0 Å². The van der Waals surface area contributed by atoms with Gasteiger partial charge in [-0.25, -0.2) is 4.79 Å². The zero-order valence-corrected chi connectivity index (χ0v) is 9.82. The molecule has 0 aliphatic carbocycles. The van der Waals surface area contributed by atoms with Gasteiger partial charge in [0.05, 0.1) is 18.4 Å². The van der Waals surface area contributed by atoms with E-state index >= 15 is 0 Å². The fourth-order valence-corrected chi connectivity index (χ4v) is 2.24. The van der Waals surface area contributed by atoms with Gasteiger partial charge in [0.15, 0.2) is 0 Å². The standard InChI is InChI=1S/C13H17NO2/c1-10-6-5-7-11(12(10)13(15)16-2)14-8-3-4-9-14/h5-7H,3-4,8-9H2,1-2H3. The smallest absolute Gasteiger partial charge is 0.340 e. The van der Waals surface area contributed by atoms with Crippen LogP contribution < -0.4 is 4.90 Å². The lowest BCUT2D eigenvalue weighted by Gasteiger charge is -2.21. The summed E-state index contributed by atoms with van der Waals surface area (Å²) in [5.74, 6) is -0.236. The van der Waals surface area contributed by atoms with Crippen molar-refractivity contribution in [2.75, 3.05) is 25.1 Å². The molecule has 3 heteroatoms. The van der Waals surface area contributed by atoms with Crippen molar-refractivity contribution < 1.29 is 9.53 Å². The number of rotatable bonds is 2. The molecular formula is C13H17NO2. The number of hydrogen-bond donors (Lipinski definition) is 0. The molecule has 2 rings (SSSR count). The molecule has 0 atom stereocenters. The van der Waals surface area contributed by atoms with Gasteiger partial charge in [0.2, 0.25) is 0 Å². The van der Waals surface area contributed by atoms with Gasteiger partial charge < -0.3 is 9.64 Å². The van der Waals surface area contributed by atoms with Gasteiger partial charge >= 0.3 is 5.97 Å². The van der Waals surface area contributed by atoms with Crippen molar-refractivity contribution in [3.05, 3.63) is 29.3 Å². The second kappa shape index (κ2) is 4.56. The van der Waals surface area contributed by atoms with Crippen molar-refractivity contribution in [2.45, 2.75) is 19.8 Å². The molecule has 1 saturated heterocycles. The number of aryl methyl sites for hydroxylation is 1. The fraction of sp³-hybridized carbons (Fsp3) is 0.462. The molecule has 1 aromatic rings. The maximum Gasteiger partial charge on any atom is 0.340 e. The van der Waals surface area contributed by atoms with E-state index in [0.717, 1.165) is 24.3 Å². The summed E-state index contributed by atoms with van der Waals surface area (Å²) >= 11 is 0. The third kappa shape index (κ3) is 1.90. The monoisotopic (exact) mass is 219 g/mol. The fourth-order valence-electron chi connectivity index (χ4n) is 2.24. The molecular weight excluding hydrogens is 202 g/mol. The van der Waals surface area contributed by atoms with Crippen LogP contribution >= 0.6 is 0 Å². The second-order valence-corrected chi connectivity index (χ2v) is 4.15. The van der Waals surface area contributed by atoms with E-state index in [4.69, 9.17) is 4.74 Å². The number of carbonyl (C=O) groups excluding carboxylic acids is 1. The largest absolute Gasteiger partial charge is 0.465 e. The molecule has 1 aromatic carbocycles. The Balaban J connectivity index is 2.43. The molecule has 1 fully saturated rings. The van der Waals surface area contributed by atoms with Crippen LogP contribution in [-0.2, 0) is 4.74 Å². The van der Waals surface area contributed by atoms with Crippen LogP contribution in [0.3, 0.4) is 0 Å². The maximum absolute atomic E-state index is 11.8. The minimum atomic E-state index is -0.236. The Morgan fingerprint density at radius 3 is 2.62 bits per heavy atom. The summed E-state index contributed by atoms with van der Waals surface area (Å²) in [7, 11) is 1.43. The quantitative estimate of drug-likeness (QED) is 0.715. The third-order valence-corrected chi connectivity index (χ3v) is 3.09. The van der Waals surface area contributed by atoms with E-state index in [1.807, 2.05) is 25.1 Å². The first-order valence-corrected chi connectivity index (χ1v) is 5.67. The predicted molar refractivity (Wildman–Crippen MR) is 64.0 cm³/mol. The highest BCUT2D eigenvalue weighted by atomic mass is 16.5. The summed E-state index contributed by atoms with van der Waals surface area (Å²) in [5, 5.41) is 0. The first-order valence-electron chi connectivity index (χ1n) is 5.67. The Bertz CT molecular complexity index is 395. The zero-order chi connectivity index (χ0) is 11.5. The van der Waals surface area contributed by atoms with Crippen LogP contribution in [0.4, 0.5) is 5.69 Å². The third-order valence-electron chi connectivity index (χ3n) is 3.09. The molecule has 0 aromatic heterocycles. The van der Waals surface area contributed by atoms with E-state index in [0.29, 0.717) is 5.56 Å². The molecule has 1 aliphatic rings. The van der Waals surface area contributed by atoms with Crippen molar-refractivity contribution in [3.63, 3.8) is 0 Å². The van der Waals surface area contributed by atoms with Gasteiger partial charge in [-0.1, -0.05) is 12.1 Å². The van der Waals surface area contributed by atoms with Crippen molar-refractivity contribution in [2.24, 2.45) is 0 Å². The minimum absolute atomic E-state index is 0.236. The topological polar surface area (TPSA) is 29.5 Å². The van der Waals surface area contributed by atoms with Crippen molar-refractivity contribution in [3.8, 4) is 0 Å². The van der Waals surface area contributed by atoms with Crippen LogP contribution in [0.15, 0.2) is 18.2 Å². The Morgan fingerprint density at radius 2 is 2.00 bits per heavy atom. The lowest BCUT2D eigenvalue weighted by atomic mass is 10.1. The number of esters is 1. The van der Waals surface area contributed by atoms with Gasteiger partial charge in [-0.15, -0.1) is 0 Å². The van der Waals surface area contributed by atoms with Crippen LogP contribution in [0, 0.1) is 6.92 Å². The summed E-state index contributed by atoms with van der Waals surface area (Å²) in [6, 6.07) is 5.95. The number of benzene rings is 1. The Labute approximate surface area is 96.0 Å². The van der Waals surface area contributed by atoms with Gasteiger partial charge in [0.1, 0.15) is 0 Å². The van der Waals surface area contributed by atoms with Crippen LogP contribution in [0.5, 0.6) is 0 Å². The van der Waals surface area contributed by atoms with Crippen LogP contribution in [-0.4, -0.2) is 26.2 Å². The highest BCUT2D eigenvalue weighted by molar-refractivity contribution is 5.97. The van der Waals surface area contributed by atoms with Crippen LogP contribution in [0.25, 0.3) is 0 Å². The molecule has 0 saturated carbocycles. The highest BCUT2D eigenvalue weighted by Gasteiger charge is 2.21. The molecule has 1 heterocycles. The number of carbonyl (C=O) groups is 1. The van der Waals surface area contributed by atoms with Gasteiger partial charge in [-0.2, -0.15) is 0 Å². The summed E-state index contributed by atoms with van der Waals surface area (Å²) in [4.78, 5) is 14.0. The van der Waals surface area contributed by atoms with E-state index in [-0.39, 0.29) is 5.97 Å². The summed E-state index contributed by atoms with van der Waals surface area (Å²) < 4.78 is 4.85. The maximum atomic E-state index is 11.8. The normalized spacial score (nSPS) is 15.2. The van der Waals surface area contributed by atoms with Gasteiger partial charge in [0.25, 0.3) is 0 Å². The van der Waals surface area contributed by atoms with E-state index < -0.39 is 0 Å². The molecule has 86 valence electrons.